The molecule has 0 radical (unpaired) electrons. The van der Waals surface area contributed by atoms with Crippen LogP contribution in [0.1, 0.15) is 17.7 Å². The molecule has 0 bridgehead atoms. The van der Waals surface area contributed by atoms with E-state index in [0.717, 1.165) is 11.3 Å². The van der Waals surface area contributed by atoms with E-state index >= 15 is 0 Å². The number of aryl methyl sites for hydroxylation is 1. The third kappa shape index (κ3) is 5.41. The van der Waals surface area contributed by atoms with Crippen molar-refractivity contribution in [2.75, 3.05) is 29.2 Å². The van der Waals surface area contributed by atoms with Crippen molar-refractivity contribution >= 4 is 49.6 Å². The Morgan fingerprint density at radius 3 is 2.85 bits per heavy atom. The Bertz CT molecular complexity index is 945. The van der Waals surface area contributed by atoms with Crippen molar-refractivity contribution in [2.45, 2.75) is 25.9 Å². The molecule has 2 N–H and O–H groups in total. The largest absolute Gasteiger partial charge is 0.325 e. The Morgan fingerprint density at radius 1 is 1.41 bits per heavy atom. The summed E-state index contributed by atoms with van der Waals surface area (Å²) in [6.45, 7) is 2.43. The number of hydrogen-bond acceptors (Lipinski definition) is 6. The summed E-state index contributed by atoms with van der Waals surface area (Å²) < 4.78 is 23.2. The maximum atomic E-state index is 12.1. The minimum Gasteiger partial charge on any atom is -0.308 e. The standard InChI is InChI=1S/C17H21ClN4O3S2/c1-11-3-4-12(7-15(11)18)19-16(23)21-17-20-13(9-26-17)8-22(2)14-5-6-27(24,25)10-14/h3-4,7,9,14H,5-6,8,10H2,1-2H3,(H2,19,20,21,23). The number of carbonyl (C=O) groups is 1. The van der Waals surface area contributed by atoms with Crippen molar-refractivity contribution in [2.24, 2.45) is 0 Å². The normalized spacial score (nSPS) is 18.6. The average molecular weight is 429 g/mol. The van der Waals surface area contributed by atoms with Gasteiger partial charge < -0.3 is 5.32 Å². The second kappa shape index (κ2) is 8.14. The molecule has 1 aliphatic rings. The van der Waals surface area contributed by atoms with Gasteiger partial charge in [0.2, 0.25) is 0 Å². The number of hydrogen-bond donors (Lipinski definition) is 2. The van der Waals surface area contributed by atoms with Gasteiger partial charge in [-0.25, -0.2) is 18.2 Å². The Labute approximate surface area is 167 Å². The fourth-order valence-electron chi connectivity index (χ4n) is 2.87. The molecule has 1 fully saturated rings. The summed E-state index contributed by atoms with van der Waals surface area (Å²) in [5.74, 6) is 0.440. The lowest BCUT2D eigenvalue weighted by Crippen LogP contribution is -2.32. The van der Waals surface area contributed by atoms with Crippen LogP contribution in [0.3, 0.4) is 0 Å². The van der Waals surface area contributed by atoms with Crippen LogP contribution >= 0.6 is 22.9 Å². The maximum absolute atomic E-state index is 12.1. The van der Waals surface area contributed by atoms with Gasteiger partial charge in [-0.15, -0.1) is 11.3 Å². The van der Waals surface area contributed by atoms with Gasteiger partial charge in [0.25, 0.3) is 0 Å². The van der Waals surface area contributed by atoms with Crippen molar-refractivity contribution in [1.29, 1.82) is 0 Å². The first-order valence-corrected chi connectivity index (χ1v) is 11.5. The summed E-state index contributed by atoms with van der Waals surface area (Å²) in [6, 6.07) is 4.92. The summed E-state index contributed by atoms with van der Waals surface area (Å²) >= 11 is 7.38. The van der Waals surface area contributed by atoms with E-state index < -0.39 is 15.9 Å². The highest BCUT2D eigenvalue weighted by Crippen LogP contribution is 2.22. The lowest BCUT2D eigenvalue weighted by atomic mass is 10.2. The van der Waals surface area contributed by atoms with Crippen molar-refractivity contribution < 1.29 is 13.2 Å². The van der Waals surface area contributed by atoms with Crippen LogP contribution in [0.15, 0.2) is 23.6 Å². The summed E-state index contributed by atoms with van der Waals surface area (Å²) in [7, 11) is -1.02. The van der Waals surface area contributed by atoms with Gasteiger partial charge in [-0.05, 0) is 38.1 Å². The van der Waals surface area contributed by atoms with E-state index in [1.807, 2.05) is 30.3 Å². The molecule has 7 nitrogen and oxygen atoms in total. The van der Waals surface area contributed by atoms with Gasteiger partial charge >= 0.3 is 6.03 Å². The lowest BCUT2D eigenvalue weighted by Gasteiger charge is -2.21. The van der Waals surface area contributed by atoms with Crippen LogP contribution in [0, 0.1) is 6.92 Å². The predicted octanol–water partition coefficient (Wildman–Crippen LogP) is 3.37. The van der Waals surface area contributed by atoms with Crippen LogP contribution in [-0.4, -0.2) is 48.9 Å². The second-order valence-electron chi connectivity index (χ2n) is 6.66. The van der Waals surface area contributed by atoms with Crippen LogP contribution in [0.5, 0.6) is 0 Å². The van der Waals surface area contributed by atoms with E-state index in [9.17, 15) is 13.2 Å². The zero-order valence-electron chi connectivity index (χ0n) is 15.0. The number of aromatic nitrogens is 1. The number of nitrogens with zero attached hydrogens (tertiary/aromatic N) is 2. The van der Waals surface area contributed by atoms with Crippen LogP contribution in [0.25, 0.3) is 0 Å². The Balaban J connectivity index is 1.54. The van der Waals surface area contributed by atoms with Gasteiger partial charge in [-0.1, -0.05) is 17.7 Å². The number of rotatable bonds is 5. The highest BCUT2D eigenvalue weighted by Gasteiger charge is 2.30. The molecule has 1 aromatic carbocycles. The molecule has 10 heteroatoms. The molecule has 0 aliphatic carbocycles. The number of nitrogens with one attached hydrogen (secondary N) is 2. The van der Waals surface area contributed by atoms with E-state index in [-0.39, 0.29) is 17.5 Å². The number of benzene rings is 1. The number of sulfone groups is 1. The highest BCUT2D eigenvalue weighted by molar-refractivity contribution is 7.91. The highest BCUT2D eigenvalue weighted by atomic mass is 35.5. The molecule has 1 saturated heterocycles. The van der Waals surface area contributed by atoms with Gasteiger partial charge in [0, 0.05) is 28.7 Å². The van der Waals surface area contributed by atoms with E-state index in [2.05, 4.69) is 15.6 Å². The van der Waals surface area contributed by atoms with Gasteiger partial charge in [-0.3, -0.25) is 10.2 Å². The molecular weight excluding hydrogens is 408 g/mol. The van der Waals surface area contributed by atoms with Crippen molar-refractivity contribution in [3.63, 3.8) is 0 Å². The molecule has 0 spiro atoms. The van der Waals surface area contributed by atoms with Crippen molar-refractivity contribution in [3.05, 3.63) is 39.9 Å². The molecule has 0 saturated carbocycles. The van der Waals surface area contributed by atoms with E-state index in [4.69, 9.17) is 11.6 Å². The maximum Gasteiger partial charge on any atom is 0.325 e. The molecule has 2 aromatic rings. The zero-order valence-corrected chi connectivity index (χ0v) is 17.4. The van der Waals surface area contributed by atoms with Crippen molar-refractivity contribution in [3.8, 4) is 0 Å². The fraction of sp³-hybridized carbons (Fsp3) is 0.412. The number of anilines is 2. The molecule has 2 heterocycles. The monoisotopic (exact) mass is 428 g/mol. The number of thiazole rings is 1. The van der Waals surface area contributed by atoms with Crippen LogP contribution in [-0.2, 0) is 16.4 Å². The summed E-state index contributed by atoms with van der Waals surface area (Å²) in [6.07, 6.45) is 0.648. The SMILES string of the molecule is Cc1ccc(NC(=O)Nc2nc(CN(C)C3CCS(=O)(=O)C3)cs2)cc1Cl. The number of urea groups is 1. The van der Waals surface area contributed by atoms with E-state index in [1.165, 1.54) is 11.3 Å². The topological polar surface area (TPSA) is 91.4 Å². The summed E-state index contributed by atoms with van der Waals surface area (Å²) in [5.41, 5.74) is 2.33. The quantitative estimate of drug-likeness (QED) is 0.761. The molecule has 1 atom stereocenters. The van der Waals surface area contributed by atoms with Crippen LogP contribution in [0.4, 0.5) is 15.6 Å². The molecule has 1 aliphatic heterocycles. The Kier molecular flexibility index (Phi) is 6.05. The first-order chi connectivity index (χ1) is 12.7. The third-order valence-corrected chi connectivity index (χ3v) is 7.41. The van der Waals surface area contributed by atoms with Gasteiger partial charge in [-0.2, -0.15) is 0 Å². The first kappa shape index (κ1) is 20.1. The minimum absolute atomic E-state index is 0.0164. The minimum atomic E-state index is -2.91. The van der Waals surface area contributed by atoms with Gasteiger partial charge in [0.05, 0.1) is 17.2 Å². The van der Waals surface area contributed by atoms with Gasteiger partial charge in [0.15, 0.2) is 15.0 Å². The molecule has 1 aromatic heterocycles. The Hall–Kier alpha value is -1.68. The molecule has 146 valence electrons. The smallest absolute Gasteiger partial charge is 0.308 e. The summed E-state index contributed by atoms with van der Waals surface area (Å²) in [4.78, 5) is 18.5. The number of amides is 2. The number of carbonyl (C=O) groups excluding carboxylic acids is 1. The van der Waals surface area contributed by atoms with E-state index in [1.54, 1.807) is 12.1 Å². The fourth-order valence-corrected chi connectivity index (χ4v) is 5.56. The third-order valence-electron chi connectivity index (χ3n) is 4.45. The molecular formula is C17H21ClN4O3S2. The van der Waals surface area contributed by atoms with Crippen LogP contribution < -0.4 is 10.6 Å². The Morgan fingerprint density at radius 2 is 2.19 bits per heavy atom. The molecule has 27 heavy (non-hydrogen) atoms. The van der Waals surface area contributed by atoms with Crippen LogP contribution in [0.2, 0.25) is 5.02 Å². The first-order valence-electron chi connectivity index (χ1n) is 8.41. The van der Waals surface area contributed by atoms with Crippen molar-refractivity contribution in [1.82, 2.24) is 9.88 Å². The lowest BCUT2D eigenvalue weighted by molar-refractivity contribution is 0.251. The molecule has 3 rings (SSSR count). The predicted molar refractivity (Wildman–Crippen MR) is 109 cm³/mol. The van der Waals surface area contributed by atoms with Gasteiger partial charge in [0.1, 0.15) is 0 Å². The summed E-state index contributed by atoms with van der Waals surface area (Å²) in [5, 5.41) is 8.34. The molecule has 2 amide bonds. The zero-order chi connectivity index (χ0) is 19.6. The second-order valence-corrected chi connectivity index (χ2v) is 10.2. The number of halogens is 1. The van der Waals surface area contributed by atoms with E-state index in [0.29, 0.717) is 28.8 Å². The molecule has 1 unspecified atom stereocenters. The average Bonchev–Trinajstić information content (AvgIpc) is 3.17.